The maximum absolute atomic E-state index is 10.9. The second-order valence-electron chi connectivity index (χ2n) is 7.86. The lowest BCUT2D eigenvalue weighted by Crippen LogP contribution is -2.28. The molecule has 0 bridgehead atoms. The van der Waals surface area contributed by atoms with Crippen molar-refractivity contribution in [1.29, 1.82) is 0 Å². The zero-order valence-electron chi connectivity index (χ0n) is 14.2. The van der Waals surface area contributed by atoms with Gasteiger partial charge in [0.15, 0.2) is 0 Å². The third-order valence-corrected chi connectivity index (χ3v) is 6.43. The van der Waals surface area contributed by atoms with Crippen LogP contribution in [0.2, 0.25) is 0 Å². The number of carbonyl (C=O) groups is 1. The standard InChI is InChI=1S/C20H32O2/c1-2-3-4-5-15-6-8-16(9-7-15)17-10-12-18(13-11-17)19-14-20(21)22-19/h14-18H,2-13H2,1H3. The van der Waals surface area contributed by atoms with Gasteiger partial charge in [0.25, 0.3) is 0 Å². The number of unbranched alkanes of at least 4 members (excludes halogenated alkanes) is 2. The summed E-state index contributed by atoms with van der Waals surface area (Å²) in [5.74, 6) is 4.34. The lowest BCUT2D eigenvalue weighted by molar-refractivity contribution is -0.140. The zero-order chi connectivity index (χ0) is 15.4. The van der Waals surface area contributed by atoms with Crippen molar-refractivity contribution in [2.24, 2.45) is 23.7 Å². The maximum atomic E-state index is 10.9. The van der Waals surface area contributed by atoms with Crippen molar-refractivity contribution in [2.45, 2.75) is 84.0 Å². The SMILES string of the molecule is CCCCCC1CCC(C2CCC(C3=CC(=O)O3)CC2)CC1. The molecule has 0 amide bonds. The molecule has 3 aliphatic rings. The van der Waals surface area contributed by atoms with Gasteiger partial charge in [-0.15, -0.1) is 0 Å². The molecule has 0 aromatic heterocycles. The minimum Gasteiger partial charge on any atom is -0.427 e. The number of carbonyl (C=O) groups excluding carboxylic acids is 1. The Balaban J connectivity index is 1.36. The van der Waals surface area contributed by atoms with E-state index in [4.69, 9.17) is 4.74 Å². The molecule has 0 unspecified atom stereocenters. The van der Waals surface area contributed by atoms with Crippen molar-refractivity contribution in [3.8, 4) is 0 Å². The molecule has 0 spiro atoms. The highest BCUT2D eigenvalue weighted by molar-refractivity contribution is 5.89. The lowest BCUT2D eigenvalue weighted by Gasteiger charge is -2.38. The Bertz CT molecular complexity index is 396. The van der Waals surface area contributed by atoms with Crippen LogP contribution in [0.1, 0.15) is 84.0 Å². The molecule has 22 heavy (non-hydrogen) atoms. The number of cyclic esters (lactones) is 1. The van der Waals surface area contributed by atoms with E-state index >= 15 is 0 Å². The minimum atomic E-state index is -0.140. The first-order chi connectivity index (χ1) is 10.8. The van der Waals surface area contributed by atoms with Gasteiger partial charge in [0.1, 0.15) is 5.76 Å². The summed E-state index contributed by atoms with van der Waals surface area (Å²) in [4.78, 5) is 10.9. The second-order valence-corrected chi connectivity index (χ2v) is 7.86. The smallest absolute Gasteiger partial charge is 0.339 e. The van der Waals surface area contributed by atoms with Gasteiger partial charge < -0.3 is 4.74 Å². The molecule has 0 aromatic rings. The summed E-state index contributed by atoms with van der Waals surface area (Å²) < 4.78 is 5.14. The molecule has 1 aliphatic heterocycles. The van der Waals surface area contributed by atoms with Gasteiger partial charge in [-0.1, -0.05) is 45.4 Å². The van der Waals surface area contributed by atoms with Crippen molar-refractivity contribution >= 4 is 5.97 Å². The van der Waals surface area contributed by atoms with Gasteiger partial charge in [-0.2, -0.15) is 0 Å². The normalized spacial score (nSPS) is 35.5. The van der Waals surface area contributed by atoms with Crippen molar-refractivity contribution in [2.75, 3.05) is 0 Å². The minimum absolute atomic E-state index is 0.140. The number of allylic oxidation sites excluding steroid dienone is 1. The van der Waals surface area contributed by atoms with Crippen molar-refractivity contribution in [3.63, 3.8) is 0 Å². The monoisotopic (exact) mass is 304 g/mol. The Morgan fingerprint density at radius 1 is 0.955 bits per heavy atom. The van der Waals surface area contributed by atoms with E-state index in [0.717, 1.165) is 23.5 Å². The first kappa shape index (κ1) is 16.1. The van der Waals surface area contributed by atoms with Gasteiger partial charge in [-0.05, 0) is 56.3 Å². The molecule has 0 radical (unpaired) electrons. The highest BCUT2D eigenvalue weighted by Crippen LogP contribution is 2.44. The first-order valence-corrected chi connectivity index (χ1v) is 9.69. The van der Waals surface area contributed by atoms with E-state index in [1.807, 2.05) is 0 Å². The highest BCUT2D eigenvalue weighted by Gasteiger charge is 2.34. The van der Waals surface area contributed by atoms with Crippen LogP contribution >= 0.6 is 0 Å². The average Bonchev–Trinajstić information content (AvgIpc) is 2.53. The van der Waals surface area contributed by atoms with Crippen LogP contribution in [0, 0.1) is 23.7 Å². The van der Waals surface area contributed by atoms with Crippen LogP contribution in [0.4, 0.5) is 0 Å². The molecule has 2 heteroatoms. The van der Waals surface area contributed by atoms with E-state index in [2.05, 4.69) is 6.92 Å². The summed E-state index contributed by atoms with van der Waals surface area (Å²) in [6.45, 7) is 2.30. The third kappa shape index (κ3) is 3.94. The quantitative estimate of drug-likeness (QED) is 0.470. The molecule has 2 fully saturated rings. The molecule has 0 N–H and O–H groups in total. The largest absolute Gasteiger partial charge is 0.427 e. The number of esters is 1. The summed E-state index contributed by atoms with van der Waals surface area (Å²) in [6, 6.07) is 0. The zero-order valence-corrected chi connectivity index (χ0v) is 14.2. The molecule has 2 nitrogen and oxygen atoms in total. The Labute approximate surface area is 135 Å². The molecule has 3 rings (SSSR count). The van der Waals surface area contributed by atoms with E-state index in [0.29, 0.717) is 5.92 Å². The fraction of sp³-hybridized carbons (Fsp3) is 0.850. The Kier molecular flexibility index (Phi) is 5.60. The van der Waals surface area contributed by atoms with Gasteiger partial charge >= 0.3 is 5.97 Å². The van der Waals surface area contributed by atoms with Gasteiger partial charge in [0.2, 0.25) is 0 Å². The molecule has 124 valence electrons. The molecule has 0 aromatic carbocycles. The lowest BCUT2D eigenvalue weighted by atomic mass is 9.68. The highest BCUT2D eigenvalue weighted by atomic mass is 16.6. The van der Waals surface area contributed by atoms with Gasteiger partial charge in [-0.25, -0.2) is 4.79 Å². The molecule has 1 heterocycles. The molecule has 0 atom stereocenters. The van der Waals surface area contributed by atoms with Crippen LogP contribution in [-0.4, -0.2) is 5.97 Å². The van der Waals surface area contributed by atoms with Crippen molar-refractivity contribution in [1.82, 2.24) is 0 Å². The van der Waals surface area contributed by atoms with E-state index in [1.54, 1.807) is 6.08 Å². The predicted molar refractivity (Wildman–Crippen MR) is 89.2 cm³/mol. The topological polar surface area (TPSA) is 26.3 Å². The van der Waals surface area contributed by atoms with E-state index in [1.165, 1.54) is 77.0 Å². The van der Waals surface area contributed by atoms with Crippen molar-refractivity contribution in [3.05, 3.63) is 11.8 Å². The van der Waals surface area contributed by atoms with Gasteiger partial charge in [-0.3, -0.25) is 0 Å². The Morgan fingerprint density at radius 3 is 2.09 bits per heavy atom. The van der Waals surface area contributed by atoms with E-state index in [9.17, 15) is 4.79 Å². The molecule has 2 aliphatic carbocycles. The van der Waals surface area contributed by atoms with Crippen LogP contribution in [0.3, 0.4) is 0 Å². The maximum Gasteiger partial charge on any atom is 0.339 e. The fourth-order valence-corrected chi connectivity index (χ4v) is 4.94. The second kappa shape index (κ2) is 7.66. The number of hydrogen-bond acceptors (Lipinski definition) is 2. The molecule has 0 saturated heterocycles. The molecule has 2 saturated carbocycles. The van der Waals surface area contributed by atoms with Crippen LogP contribution < -0.4 is 0 Å². The number of hydrogen-bond donors (Lipinski definition) is 0. The number of rotatable bonds is 6. The predicted octanol–water partition coefficient (Wildman–Crippen LogP) is 5.62. The van der Waals surface area contributed by atoms with Crippen LogP contribution in [-0.2, 0) is 9.53 Å². The van der Waals surface area contributed by atoms with Crippen molar-refractivity contribution < 1.29 is 9.53 Å². The molecular formula is C20H32O2. The number of ether oxygens (including phenoxy) is 1. The van der Waals surface area contributed by atoms with Crippen LogP contribution in [0.5, 0.6) is 0 Å². The Hall–Kier alpha value is -0.790. The third-order valence-electron chi connectivity index (χ3n) is 6.43. The van der Waals surface area contributed by atoms with Crippen LogP contribution in [0.15, 0.2) is 11.8 Å². The summed E-state index contributed by atoms with van der Waals surface area (Å²) in [5.41, 5.74) is 0. The van der Waals surface area contributed by atoms with Crippen LogP contribution in [0.25, 0.3) is 0 Å². The van der Waals surface area contributed by atoms with E-state index in [-0.39, 0.29) is 5.97 Å². The average molecular weight is 304 g/mol. The first-order valence-electron chi connectivity index (χ1n) is 9.69. The van der Waals surface area contributed by atoms with Gasteiger partial charge in [0.05, 0.1) is 6.08 Å². The fourth-order valence-electron chi connectivity index (χ4n) is 4.94. The summed E-state index contributed by atoms with van der Waals surface area (Å²) >= 11 is 0. The summed E-state index contributed by atoms with van der Waals surface area (Å²) in [6.07, 6.45) is 18.5. The van der Waals surface area contributed by atoms with Gasteiger partial charge in [0, 0.05) is 5.92 Å². The summed E-state index contributed by atoms with van der Waals surface area (Å²) in [7, 11) is 0. The molecular weight excluding hydrogens is 272 g/mol. The Morgan fingerprint density at radius 2 is 1.55 bits per heavy atom. The van der Waals surface area contributed by atoms with E-state index < -0.39 is 0 Å². The summed E-state index contributed by atoms with van der Waals surface area (Å²) in [5, 5.41) is 0.